The van der Waals surface area contributed by atoms with Gasteiger partial charge in [-0.15, -0.1) is 0 Å². The normalized spacial score (nSPS) is 17.1. The first-order chi connectivity index (χ1) is 33.3. The van der Waals surface area contributed by atoms with Gasteiger partial charge in [-0.1, -0.05) is 198 Å². The van der Waals surface area contributed by atoms with E-state index < -0.39 is 0 Å². The third-order valence-corrected chi connectivity index (χ3v) is 15.9. The van der Waals surface area contributed by atoms with E-state index in [0.717, 1.165) is 39.7 Å². The zero-order valence-corrected chi connectivity index (χ0v) is 38.5. The summed E-state index contributed by atoms with van der Waals surface area (Å²) in [5.41, 5.74) is 16.5. The predicted octanol–water partition coefficient (Wildman–Crippen LogP) is 15.8. The average Bonchev–Trinajstić information content (AvgIpc) is 3.90. The second kappa shape index (κ2) is 14.2. The Hall–Kier alpha value is -8.15. The van der Waals surface area contributed by atoms with Crippen molar-refractivity contribution in [3.63, 3.8) is 0 Å². The molecule has 5 nitrogen and oxygen atoms in total. The fourth-order valence-electron chi connectivity index (χ4n) is 12.3. The number of rotatable bonds is 5. The largest absolute Gasteiger partial charge is 0.309 e. The number of benzene rings is 9. The molecule has 0 fully saturated rings. The minimum atomic E-state index is -0.288. The van der Waals surface area contributed by atoms with Crippen molar-refractivity contribution in [3.8, 4) is 56.7 Å². The molecule has 0 bridgehead atoms. The molecule has 0 saturated carbocycles. The number of para-hydroxylation sites is 1. The van der Waals surface area contributed by atoms with Crippen LogP contribution in [0.2, 0.25) is 0 Å². The Balaban J connectivity index is 1.10. The van der Waals surface area contributed by atoms with E-state index in [1.807, 2.05) is 0 Å². The van der Waals surface area contributed by atoms with E-state index in [2.05, 4.69) is 231 Å². The van der Waals surface area contributed by atoms with Crippen LogP contribution in [0, 0.1) is 5.92 Å². The summed E-state index contributed by atoms with van der Waals surface area (Å²) >= 11 is 0. The molecule has 2 atom stereocenters. The molecule has 0 spiro atoms. The van der Waals surface area contributed by atoms with E-state index >= 15 is 0 Å². The van der Waals surface area contributed by atoms with E-state index in [1.165, 1.54) is 76.9 Å². The van der Waals surface area contributed by atoms with Gasteiger partial charge in [0.1, 0.15) is 0 Å². The zero-order valence-electron chi connectivity index (χ0n) is 38.5. The highest BCUT2D eigenvalue weighted by molar-refractivity contribution is 6.27. The molecule has 5 heteroatoms. The lowest BCUT2D eigenvalue weighted by Crippen LogP contribution is -2.44. The van der Waals surface area contributed by atoms with Crippen LogP contribution in [0.15, 0.2) is 194 Å². The summed E-state index contributed by atoms with van der Waals surface area (Å²) in [6.45, 7) is 9.90. The van der Waals surface area contributed by atoms with Crippen molar-refractivity contribution in [2.24, 2.45) is 5.92 Å². The van der Waals surface area contributed by atoms with E-state index in [0.29, 0.717) is 23.5 Å². The first kappa shape index (κ1) is 39.1. The molecule has 0 radical (unpaired) electrons. The van der Waals surface area contributed by atoms with Crippen LogP contribution < -0.4 is 0 Å². The van der Waals surface area contributed by atoms with Gasteiger partial charge in [-0.3, -0.25) is 4.57 Å². The third-order valence-electron chi connectivity index (χ3n) is 15.9. The van der Waals surface area contributed by atoms with Crippen molar-refractivity contribution in [1.29, 1.82) is 0 Å². The Kier molecular flexibility index (Phi) is 8.14. The standard InChI is InChI=1S/C63H47N5/c1-38-37-63(4)56-49(62(38,2)3)23-15-25-52(56)67-51-35-34-43-20-11-12-21-46(43)54(51)48-36-53-55(57(63)58(48)67)47-22-13-14-24-50(47)68(53)61-65-59(44-30-26-41(27-31-44)39-16-7-5-8-17-39)64-60(66-61)45-32-28-42(29-33-45)40-18-9-6-10-19-40/h5-36,38H,37H2,1-4H3. The van der Waals surface area contributed by atoms with Gasteiger partial charge < -0.3 is 4.57 Å². The van der Waals surface area contributed by atoms with Gasteiger partial charge >= 0.3 is 0 Å². The second-order valence-corrected chi connectivity index (χ2v) is 19.9. The molecule has 3 aromatic heterocycles. The fraction of sp³-hybridized carbons (Fsp3) is 0.127. The Morgan fingerprint density at radius 1 is 0.441 bits per heavy atom. The minimum Gasteiger partial charge on any atom is -0.309 e. The van der Waals surface area contributed by atoms with Gasteiger partial charge in [-0.25, -0.2) is 4.98 Å². The van der Waals surface area contributed by atoms with Gasteiger partial charge in [0.15, 0.2) is 11.6 Å². The molecule has 14 rings (SSSR count). The quantitative estimate of drug-likeness (QED) is 0.173. The van der Waals surface area contributed by atoms with E-state index in [4.69, 9.17) is 15.0 Å². The molecule has 9 aromatic carbocycles. The first-order valence-corrected chi connectivity index (χ1v) is 23.9. The summed E-state index contributed by atoms with van der Waals surface area (Å²) in [4.78, 5) is 16.3. The number of fused-ring (bicyclic) bond motifs is 11. The molecule has 324 valence electrons. The Morgan fingerprint density at radius 3 is 1.68 bits per heavy atom. The number of nitrogens with zero attached hydrogens (tertiary/aromatic N) is 5. The van der Waals surface area contributed by atoms with Gasteiger partial charge in [-0.05, 0) is 91.7 Å². The van der Waals surface area contributed by atoms with Crippen molar-refractivity contribution in [1.82, 2.24) is 24.1 Å². The van der Waals surface area contributed by atoms with Gasteiger partial charge in [0.2, 0.25) is 5.95 Å². The molecule has 4 heterocycles. The Morgan fingerprint density at radius 2 is 1.01 bits per heavy atom. The van der Waals surface area contributed by atoms with Crippen molar-refractivity contribution in [3.05, 3.63) is 211 Å². The summed E-state index contributed by atoms with van der Waals surface area (Å²) < 4.78 is 4.95. The lowest BCUT2D eigenvalue weighted by molar-refractivity contribution is 0.245. The predicted molar refractivity (Wildman–Crippen MR) is 281 cm³/mol. The lowest BCUT2D eigenvalue weighted by atomic mass is 9.54. The summed E-state index contributed by atoms with van der Waals surface area (Å²) in [5, 5.41) is 7.48. The minimum absolute atomic E-state index is 0.00466. The molecular weight excluding hydrogens is 827 g/mol. The van der Waals surface area contributed by atoms with Crippen molar-refractivity contribution in [2.75, 3.05) is 0 Å². The number of hydrogen-bond donors (Lipinski definition) is 0. The van der Waals surface area contributed by atoms with Gasteiger partial charge in [0, 0.05) is 38.1 Å². The van der Waals surface area contributed by atoms with E-state index in [9.17, 15) is 0 Å². The number of hydrogen-bond acceptors (Lipinski definition) is 3. The molecule has 0 amide bonds. The maximum Gasteiger partial charge on any atom is 0.238 e. The fourth-order valence-corrected chi connectivity index (χ4v) is 12.3. The molecule has 1 aliphatic carbocycles. The van der Waals surface area contributed by atoms with Crippen LogP contribution in [0.25, 0.3) is 111 Å². The molecule has 12 aromatic rings. The molecule has 2 aliphatic rings. The third kappa shape index (κ3) is 5.41. The molecule has 1 aliphatic heterocycles. The smallest absolute Gasteiger partial charge is 0.238 e. The van der Waals surface area contributed by atoms with Crippen LogP contribution in [0.4, 0.5) is 0 Å². The van der Waals surface area contributed by atoms with Crippen molar-refractivity contribution >= 4 is 54.4 Å². The van der Waals surface area contributed by atoms with Crippen LogP contribution in [-0.4, -0.2) is 24.1 Å². The maximum absolute atomic E-state index is 5.49. The van der Waals surface area contributed by atoms with Crippen molar-refractivity contribution < 1.29 is 0 Å². The Labute approximate surface area is 395 Å². The maximum atomic E-state index is 5.49. The molecule has 0 N–H and O–H groups in total. The summed E-state index contributed by atoms with van der Waals surface area (Å²) in [6.07, 6.45) is 1.03. The summed E-state index contributed by atoms with van der Waals surface area (Å²) in [6, 6.07) is 70.3. The number of aromatic nitrogens is 5. The highest BCUT2D eigenvalue weighted by atomic mass is 15.2. The van der Waals surface area contributed by atoms with Crippen LogP contribution in [0.1, 0.15) is 50.8 Å². The van der Waals surface area contributed by atoms with Crippen LogP contribution in [0.5, 0.6) is 0 Å². The molecular formula is C63H47N5. The Bertz CT molecular complexity index is 3930. The van der Waals surface area contributed by atoms with E-state index in [1.54, 1.807) is 0 Å². The monoisotopic (exact) mass is 873 g/mol. The van der Waals surface area contributed by atoms with Crippen LogP contribution >= 0.6 is 0 Å². The zero-order chi connectivity index (χ0) is 45.5. The molecule has 0 saturated heterocycles. The van der Waals surface area contributed by atoms with Gasteiger partial charge in [0.25, 0.3) is 0 Å². The topological polar surface area (TPSA) is 48.5 Å². The molecule has 68 heavy (non-hydrogen) atoms. The van der Waals surface area contributed by atoms with Gasteiger partial charge in [0.05, 0.1) is 27.8 Å². The van der Waals surface area contributed by atoms with Crippen molar-refractivity contribution in [2.45, 2.75) is 44.9 Å². The molecule has 2 unspecified atom stereocenters. The SMILES string of the molecule is CC1CC2(C)c3c(cccc3C1(C)C)-n1c3ccc4ccccc4c3c3cc4c(c2c31)c1ccccc1n4-c1nc(-c2ccc(-c3ccccc3)cc2)nc(-c2ccc(-c3ccccc3)cc2)n1. The highest BCUT2D eigenvalue weighted by Crippen LogP contribution is 2.60. The van der Waals surface area contributed by atoms with Crippen LogP contribution in [-0.2, 0) is 10.8 Å². The first-order valence-electron chi connectivity index (χ1n) is 23.9. The van der Waals surface area contributed by atoms with Gasteiger partial charge in [-0.2, -0.15) is 9.97 Å². The average molecular weight is 874 g/mol. The summed E-state index contributed by atoms with van der Waals surface area (Å²) in [5.74, 6) is 2.28. The lowest BCUT2D eigenvalue weighted by Gasteiger charge is -2.51. The van der Waals surface area contributed by atoms with E-state index in [-0.39, 0.29) is 10.8 Å². The highest BCUT2D eigenvalue weighted by Gasteiger charge is 2.50. The van der Waals surface area contributed by atoms with Crippen LogP contribution in [0.3, 0.4) is 0 Å². The summed E-state index contributed by atoms with van der Waals surface area (Å²) in [7, 11) is 0. The second-order valence-electron chi connectivity index (χ2n) is 19.9.